The summed E-state index contributed by atoms with van der Waals surface area (Å²) < 4.78 is 1.72. The molecule has 0 saturated carbocycles. The number of aromatic nitrogens is 4. The molecule has 0 aliphatic carbocycles. The van der Waals surface area contributed by atoms with Crippen molar-refractivity contribution in [2.75, 3.05) is 42.9 Å². The highest BCUT2D eigenvalue weighted by Gasteiger charge is 2.22. The lowest BCUT2D eigenvalue weighted by molar-refractivity contribution is -0.385. The topological polar surface area (TPSA) is 122 Å². The van der Waals surface area contributed by atoms with E-state index in [1.54, 1.807) is 36.3 Å². The quantitative estimate of drug-likeness (QED) is 0.494. The van der Waals surface area contributed by atoms with Crippen LogP contribution in [0.1, 0.15) is 5.56 Å². The fourth-order valence-corrected chi connectivity index (χ4v) is 3.61. The number of fused-ring (bicyclic) bond motifs is 1. The molecule has 1 N–H and O–H groups in total. The predicted molar refractivity (Wildman–Crippen MR) is 111 cm³/mol. The van der Waals surface area contributed by atoms with Gasteiger partial charge in [0.2, 0.25) is 5.91 Å². The first-order valence-corrected chi connectivity index (χ1v) is 9.57. The molecule has 0 spiro atoms. The number of nitrogens with one attached hydrogen (secondary N) is 1. The Balaban J connectivity index is 1.35. The van der Waals surface area contributed by atoms with Crippen LogP contribution in [0.15, 0.2) is 30.7 Å². The Labute approximate surface area is 172 Å². The molecule has 30 heavy (non-hydrogen) atoms. The second-order valence-corrected chi connectivity index (χ2v) is 7.27. The van der Waals surface area contributed by atoms with Crippen LogP contribution in [0.2, 0.25) is 0 Å². The van der Waals surface area contributed by atoms with Gasteiger partial charge in [0, 0.05) is 50.5 Å². The van der Waals surface area contributed by atoms with E-state index in [0.717, 1.165) is 29.9 Å². The van der Waals surface area contributed by atoms with Gasteiger partial charge >= 0.3 is 0 Å². The molecule has 1 aromatic carbocycles. The van der Waals surface area contributed by atoms with E-state index in [1.807, 2.05) is 7.05 Å². The van der Waals surface area contributed by atoms with Gasteiger partial charge in [-0.15, -0.1) is 0 Å². The number of piperazine rings is 1. The molecule has 11 heteroatoms. The van der Waals surface area contributed by atoms with Gasteiger partial charge in [-0.05, 0) is 13.0 Å². The van der Waals surface area contributed by atoms with Gasteiger partial charge in [-0.1, -0.05) is 6.07 Å². The minimum atomic E-state index is -0.448. The fraction of sp³-hybridized carbons (Fsp3) is 0.368. The highest BCUT2D eigenvalue weighted by Crippen LogP contribution is 2.24. The number of nitrogens with zero attached hydrogens (tertiary/aromatic N) is 7. The molecule has 0 bridgehead atoms. The van der Waals surface area contributed by atoms with Crippen molar-refractivity contribution in [3.63, 3.8) is 0 Å². The first kappa shape index (κ1) is 19.7. The average molecular weight is 410 g/mol. The smallest absolute Gasteiger partial charge is 0.274 e. The van der Waals surface area contributed by atoms with Gasteiger partial charge in [-0.25, -0.2) is 9.97 Å². The summed E-state index contributed by atoms with van der Waals surface area (Å²) in [4.78, 5) is 35.9. The van der Waals surface area contributed by atoms with Crippen molar-refractivity contribution in [1.29, 1.82) is 0 Å². The van der Waals surface area contributed by atoms with Crippen molar-refractivity contribution >= 4 is 34.1 Å². The third-order valence-corrected chi connectivity index (χ3v) is 5.24. The van der Waals surface area contributed by atoms with Crippen LogP contribution < -0.4 is 10.2 Å². The van der Waals surface area contributed by atoms with Crippen LogP contribution in [0, 0.1) is 17.0 Å². The lowest BCUT2D eigenvalue weighted by Gasteiger charge is -2.35. The Morgan fingerprint density at radius 3 is 2.73 bits per heavy atom. The molecule has 1 amide bonds. The number of hydrogen-bond acceptors (Lipinski definition) is 8. The standard InChI is InChI=1S/C19H22N8O3/c1-13-3-4-14(9-16(13)27(29)30)23-17(28)11-25-5-7-26(8-6-25)19-15-10-22-24(2)18(15)20-12-21-19/h3-4,9-10,12H,5-8,11H2,1-2H3,(H,23,28). The molecule has 156 valence electrons. The zero-order chi connectivity index (χ0) is 21.3. The molecule has 1 aliphatic rings. The van der Waals surface area contributed by atoms with Crippen LogP contribution in [-0.4, -0.2) is 68.2 Å². The summed E-state index contributed by atoms with van der Waals surface area (Å²) in [5, 5.41) is 19.0. The maximum atomic E-state index is 12.4. The third kappa shape index (κ3) is 3.92. The second-order valence-electron chi connectivity index (χ2n) is 7.27. The number of nitro benzene ring substituents is 1. The van der Waals surface area contributed by atoms with E-state index in [-0.39, 0.29) is 18.1 Å². The Morgan fingerprint density at radius 1 is 1.23 bits per heavy atom. The zero-order valence-corrected chi connectivity index (χ0v) is 16.8. The summed E-state index contributed by atoms with van der Waals surface area (Å²) in [6.45, 7) is 4.75. The number of rotatable bonds is 5. The van der Waals surface area contributed by atoms with Crippen molar-refractivity contribution in [1.82, 2.24) is 24.6 Å². The highest BCUT2D eigenvalue weighted by molar-refractivity contribution is 5.92. The van der Waals surface area contributed by atoms with Crippen LogP contribution in [0.25, 0.3) is 11.0 Å². The Hall–Kier alpha value is -3.60. The summed E-state index contributed by atoms with van der Waals surface area (Å²) >= 11 is 0. The van der Waals surface area contributed by atoms with E-state index >= 15 is 0 Å². The van der Waals surface area contributed by atoms with Gasteiger partial charge in [-0.2, -0.15) is 5.10 Å². The predicted octanol–water partition coefficient (Wildman–Crippen LogP) is 1.34. The van der Waals surface area contributed by atoms with Crippen LogP contribution >= 0.6 is 0 Å². The van der Waals surface area contributed by atoms with E-state index in [2.05, 4.69) is 30.2 Å². The molecular weight excluding hydrogens is 388 g/mol. The zero-order valence-electron chi connectivity index (χ0n) is 16.8. The number of aryl methyl sites for hydroxylation is 2. The van der Waals surface area contributed by atoms with Gasteiger partial charge in [0.1, 0.15) is 12.1 Å². The van der Waals surface area contributed by atoms with Crippen molar-refractivity contribution in [3.05, 3.63) is 46.4 Å². The second kappa shape index (κ2) is 8.03. The molecule has 0 radical (unpaired) electrons. The van der Waals surface area contributed by atoms with E-state index in [9.17, 15) is 14.9 Å². The molecule has 1 aliphatic heterocycles. The van der Waals surface area contributed by atoms with E-state index in [4.69, 9.17) is 0 Å². The van der Waals surface area contributed by atoms with Gasteiger partial charge in [-0.3, -0.25) is 24.5 Å². The lowest BCUT2D eigenvalue weighted by Crippen LogP contribution is -2.49. The number of amides is 1. The molecule has 3 aromatic rings. The minimum Gasteiger partial charge on any atom is -0.353 e. The number of anilines is 2. The van der Waals surface area contributed by atoms with Crippen molar-refractivity contribution in [3.8, 4) is 0 Å². The number of carbonyl (C=O) groups excluding carboxylic acids is 1. The van der Waals surface area contributed by atoms with E-state index in [1.165, 1.54) is 6.07 Å². The minimum absolute atomic E-state index is 0.00650. The fourth-order valence-electron chi connectivity index (χ4n) is 3.61. The van der Waals surface area contributed by atoms with Crippen molar-refractivity contribution < 1.29 is 9.72 Å². The van der Waals surface area contributed by atoms with Gasteiger partial charge in [0.15, 0.2) is 5.65 Å². The Morgan fingerprint density at radius 2 is 2.00 bits per heavy atom. The molecule has 1 fully saturated rings. The van der Waals surface area contributed by atoms with Crippen LogP contribution in [0.4, 0.5) is 17.2 Å². The molecule has 4 rings (SSSR count). The van der Waals surface area contributed by atoms with Crippen LogP contribution in [0.3, 0.4) is 0 Å². The molecule has 11 nitrogen and oxygen atoms in total. The summed E-state index contributed by atoms with van der Waals surface area (Å²) in [6, 6.07) is 4.69. The molecule has 1 saturated heterocycles. The Kier molecular flexibility index (Phi) is 5.27. The maximum Gasteiger partial charge on any atom is 0.274 e. The van der Waals surface area contributed by atoms with Crippen molar-refractivity contribution in [2.24, 2.45) is 7.05 Å². The summed E-state index contributed by atoms with van der Waals surface area (Å²) in [6.07, 6.45) is 3.31. The lowest BCUT2D eigenvalue weighted by atomic mass is 10.2. The van der Waals surface area contributed by atoms with E-state index in [0.29, 0.717) is 24.3 Å². The largest absolute Gasteiger partial charge is 0.353 e. The summed E-state index contributed by atoms with van der Waals surface area (Å²) in [7, 11) is 1.85. The van der Waals surface area contributed by atoms with Gasteiger partial charge in [0.05, 0.1) is 23.1 Å². The SMILES string of the molecule is Cc1ccc(NC(=O)CN2CCN(c3ncnc4c3cnn4C)CC2)cc1[N+](=O)[O-]. The number of nitro groups is 1. The van der Waals surface area contributed by atoms with E-state index < -0.39 is 4.92 Å². The van der Waals surface area contributed by atoms with Crippen LogP contribution in [0.5, 0.6) is 0 Å². The summed E-state index contributed by atoms with van der Waals surface area (Å²) in [5.74, 6) is 0.655. The molecule has 0 atom stereocenters. The molecule has 2 aromatic heterocycles. The number of carbonyl (C=O) groups is 1. The highest BCUT2D eigenvalue weighted by atomic mass is 16.6. The van der Waals surface area contributed by atoms with Crippen LogP contribution in [-0.2, 0) is 11.8 Å². The van der Waals surface area contributed by atoms with Gasteiger partial charge in [0.25, 0.3) is 5.69 Å². The first-order valence-electron chi connectivity index (χ1n) is 9.57. The monoisotopic (exact) mass is 410 g/mol. The summed E-state index contributed by atoms with van der Waals surface area (Å²) in [5.41, 5.74) is 1.76. The number of benzene rings is 1. The third-order valence-electron chi connectivity index (χ3n) is 5.24. The molecular formula is C19H22N8O3. The molecule has 0 unspecified atom stereocenters. The number of hydrogen-bond donors (Lipinski definition) is 1. The average Bonchev–Trinajstić information content (AvgIpc) is 3.11. The first-order chi connectivity index (χ1) is 14.4. The molecule has 3 heterocycles. The Bertz CT molecular complexity index is 1100. The van der Waals surface area contributed by atoms with Crippen molar-refractivity contribution in [2.45, 2.75) is 6.92 Å². The maximum absolute atomic E-state index is 12.4. The van der Waals surface area contributed by atoms with Gasteiger partial charge < -0.3 is 10.2 Å². The normalized spacial score (nSPS) is 14.8.